The molecule has 3 nitrogen and oxygen atoms in total. The first-order valence-electron chi connectivity index (χ1n) is 5.98. The second kappa shape index (κ2) is 4.12. The Bertz CT molecular complexity index is 238. The number of hydrogen-bond donors (Lipinski definition) is 0. The minimum Gasteiger partial charge on any atom is -0.469 e. The highest BCUT2D eigenvalue weighted by atomic mass is 16.5. The monoisotopic (exact) mass is 211 g/mol. The molecule has 2 bridgehead atoms. The second-order valence-corrected chi connectivity index (χ2v) is 5.12. The molecule has 0 aromatic rings. The maximum absolute atomic E-state index is 11.5. The van der Waals surface area contributed by atoms with Gasteiger partial charge in [-0.15, -0.1) is 0 Å². The Morgan fingerprint density at radius 3 is 2.20 bits per heavy atom. The molecule has 0 aromatic heterocycles. The van der Waals surface area contributed by atoms with E-state index in [1.807, 2.05) is 0 Å². The molecule has 15 heavy (non-hydrogen) atoms. The molecule has 0 amide bonds. The summed E-state index contributed by atoms with van der Waals surface area (Å²) in [5, 5.41) is 0. The fraction of sp³-hybridized carbons (Fsp3) is 0.917. The molecule has 0 saturated carbocycles. The van der Waals surface area contributed by atoms with Crippen LogP contribution in [-0.4, -0.2) is 36.1 Å². The van der Waals surface area contributed by atoms with Gasteiger partial charge in [-0.1, -0.05) is 0 Å². The number of rotatable bonds is 2. The molecule has 2 saturated heterocycles. The third kappa shape index (κ3) is 1.89. The van der Waals surface area contributed by atoms with Gasteiger partial charge in [0.2, 0.25) is 0 Å². The van der Waals surface area contributed by atoms with Gasteiger partial charge in [0.05, 0.1) is 13.0 Å². The topological polar surface area (TPSA) is 29.5 Å². The Morgan fingerprint density at radius 1 is 1.27 bits per heavy atom. The predicted octanol–water partition coefficient (Wildman–Crippen LogP) is 1.81. The van der Waals surface area contributed by atoms with Crippen molar-refractivity contribution in [2.75, 3.05) is 7.11 Å². The third-order valence-electron chi connectivity index (χ3n) is 3.92. The van der Waals surface area contributed by atoms with Gasteiger partial charge in [-0.3, -0.25) is 9.69 Å². The summed E-state index contributed by atoms with van der Waals surface area (Å²) < 4.78 is 4.85. The number of hydrogen-bond acceptors (Lipinski definition) is 3. The van der Waals surface area contributed by atoms with Crippen LogP contribution in [0.4, 0.5) is 0 Å². The molecular weight excluding hydrogens is 190 g/mol. The van der Waals surface area contributed by atoms with E-state index in [0.29, 0.717) is 18.1 Å². The van der Waals surface area contributed by atoms with E-state index in [1.54, 1.807) is 0 Å². The summed E-state index contributed by atoms with van der Waals surface area (Å²) in [6.07, 6.45) is 4.52. The lowest BCUT2D eigenvalue weighted by Gasteiger charge is -2.40. The van der Waals surface area contributed by atoms with E-state index in [9.17, 15) is 4.79 Å². The molecule has 3 heteroatoms. The van der Waals surface area contributed by atoms with Crippen LogP contribution >= 0.6 is 0 Å². The Hall–Kier alpha value is -0.570. The SMILES string of the molecule is COC(=O)C1C[C@H]2CC[C@@H](C1)N2C(C)C. The minimum atomic E-state index is -0.00435. The highest BCUT2D eigenvalue weighted by Gasteiger charge is 2.43. The van der Waals surface area contributed by atoms with Crippen molar-refractivity contribution in [2.45, 2.75) is 57.7 Å². The van der Waals surface area contributed by atoms with E-state index >= 15 is 0 Å². The first-order chi connectivity index (χ1) is 7.13. The molecule has 3 atom stereocenters. The number of fused-ring (bicyclic) bond motifs is 2. The van der Waals surface area contributed by atoms with Gasteiger partial charge in [0.15, 0.2) is 0 Å². The Labute approximate surface area is 91.8 Å². The second-order valence-electron chi connectivity index (χ2n) is 5.12. The maximum atomic E-state index is 11.5. The van der Waals surface area contributed by atoms with Crippen LogP contribution in [0, 0.1) is 5.92 Å². The summed E-state index contributed by atoms with van der Waals surface area (Å²) in [5.41, 5.74) is 0. The fourth-order valence-electron chi connectivity index (χ4n) is 3.42. The lowest BCUT2D eigenvalue weighted by atomic mass is 9.90. The van der Waals surface area contributed by atoms with Crippen molar-refractivity contribution in [1.29, 1.82) is 0 Å². The number of carbonyl (C=O) groups excluding carboxylic acids is 1. The average Bonchev–Trinajstić information content (AvgIpc) is 2.49. The minimum absolute atomic E-state index is 0.00435. The van der Waals surface area contributed by atoms with Crippen LogP contribution in [0.25, 0.3) is 0 Å². The summed E-state index contributed by atoms with van der Waals surface area (Å²) in [7, 11) is 1.50. The van der Waals surface area contributed by atoms with Gasteiger partial charge in [-0.2, -0.15) is 0 Å². The zero-order valence-electron chi connectivity index (χ0n) is 9.90. The Kier molecular flexibility index (Phi) is 3.01. The van der Waals surface area contributed by atoms with Gasteiger partial charge < -0.3 is 4.74 Å². The van der Waals surface area contributed by atoms with E-state index in [-0.39, 0.29) is 11.9 Å². The summed E-state index contributed by atoms with van der Waals surface area (Å²) in [5.74, 6) is 0.151. The van der Waals surface area contributed by atoms with Crippen LogP contribution in [0.1, 0.15) is 39.5 Å². The van der Waals surface area contributed by atoms with Crippen LogP contribution in [0.5, 0.6) is 0 Å². The summed E-state index contributed by atoms with van der Waals surface area (Å²) in [6, 6.07) is 1.85. The number of nitrogens with zero attached hydrogens (tertiary/aromatic N) is 1. The molecule has 2 rings (SSSR count). The fourth-order valence-corrected chi connectivity index (χ4v) is 3.42. The molecule has 0 aliphatic carbocycles. The molecule has 86 valence electrons. The lowest BCUT2D eigenvalue weighted by Crippen LogP contribution is -2.48. The predicted molar refractivity (Wildman–Crippen MR) is 58.5 cm³/mol. The van der Waals surface area contributed by atoms with Crippen molar-refractivity contribution < 1.29 is 9.53 Å². The van der Waals surface area contributed by atoms with Crippen LogP contribution in [-0.2, 0) is 9.53 Å². The zero-order valence-corrected chi connectivity index (χ0v) is 9.90. The third-order valence-corrected chi connectivity index (χ3v) is 3.92. The number of ether oxygens (including phenoxy) is 1. The zero-order chi connectivity index (χ0) is 11.0. The van der Waals surface area contributed by atoms with Gasteiger partial charge in [0, 0.05) is 18.1 Å². The molecule has 2 heterocycles. The number of esters is 1. The van der Waals surface area contributed by atoms with Crippen LogP contribution in [0.2, 0.25) is 0 Å². The van der Waals surface area contributed by atoms with Crippen molar-refractivity contribution in [1.82, 2.24) is 4.90 Å². The van der Waals surface area contributed by atoms with Gasteiger partial charge in [0.25, 0.3) is 0 Å². The van der Waals surface area contributed by atoms with E-state index in [0.717, 1.165) is 12.8 Å². The molecule has 1 unspecified atom stereocenters. The summed E-state index contributed by atoms with van der Waals surface area (Å²) in [6.45, 7) is 4.51. The molecular formula is C12H21NO2. The van der Waals surface area contributed by atoms with Crippen molar-refractivity contribution in [3.63, 3.8) is 0 Å². The number of piperidine rings is 1. The van der Waals surface area contributed by atoms with Crippen molar-refractivity contribution in [3.05, 3.63) is 0 Å². The molecule has 2 fully saturated rings. The van der Waals surface area contributed by atoms with E-state index in [1.165, 1.54) is 20.0 Å². The normalized spacial score (nSPS) is 35.9. The van der Waals surface area contributed by atoms with Crippen LogP contribution in [0.3, 0.4) is 0 Å². The quantitative estimate of drug-likeness (QED) is 0.652. The molecule has 0 N–H and O–H groups in total. The summed E-state index contributed by atoms with van der Waals surface area (Å²) in [4.78, 5) is 14.1. The van der Waals surface area contributed by atoms with Gasteiger partial charge >= 0.3 is 5.97 Å². The Morgan fingerprint density at radius 2 is 1.80 bits per heavy atom. The van der Waals surface area contributed by atoms with E-state index in [2.05, 4.69) is 18.7 Å². The largest absolute Gasteiger partial charge is 0.469 e. The first kappa shape index (κ1) is 10.9. The standard InChI is InChI=1S/C12H21NO2/c1-8(2)13-10-4-5-11(13)7-9(6-10)12(14)15-3/h8-11H,4-7H2,1-3H3/t9?,10-,11+. The maximum Gasteiger partial charge on any atom is 0.308 e. The van der Waals surface area contributed by atoms with E-state index in [4.69, 9.17) is 4.74 Å². The summed E-state index contributed by atoms with van der Waals surface area (Å²) >= 11 is 0. The highest BCUT2D eigenvalue weighted by molar-refractivity contribution is 5.72. The average molecular weight is 211 g/mol. The molecule has 0 spiro atoms. The van der Waals surface area contributed by atoms with Crippen LogP contribution < -0.4 is 0 Å². The lowest BCUT2D eigenvalue weighted by molar-refractivity contribution is -0.148. The molecule has 2 aliphatic heterocycles. The highest BCUT2D eigenvalue weighted by Crippen LogP contribution is 2.40. The Balaban J connectivity index is 2.05. The number of methoxy groups -OCH3 is 1. The van der Waals surface area contributed by atoms with Gasteiger partial charge in [-0.25, -0.2) is 0 Å². The van der Waals surface area contributed by atoms with Crippen LogP contribution in [0.15, 0.2) is 0 Å². The number of carbonyl (C=O) groups is 1. The van der Waals surface area contributed by atoms with E-state index < -0.39 is 0 Å². The molecule has 0 radical (unpaired) electrons. The first-order valence-corrected chi connectivity index (χ1v) is 5.98. The van der Waals surface area contributed by atoms with Gasteiger partial charge in [0.1, 0.15) is 0 Å². The molecule has 0 aromatic carbocycles. The molecule has 2 aliphatic rings. The van der Waals surface area contributed by atoms with Crippen molar-refractivity contribution >= 4 is 5.97 Å². The smallest absolute Gasteiger partial charge is 0.308 e. The van der Waals surface area contributed by atoms with Gasteiger partial charge in [-0.05, 0) is 39.5 Å². The van der Waals surface area contributed by atoms with Crippen molar-refractivity contribution in [2.24, 2.45) is 5.92 Å². The van der Waals surface area contributed by atoms with Crippen molar-refractivity contribution in [3.8, 4) is 0 Å².